The van der Waals surface area contributed by atoms with Gasteiger partial charge < -0.3 is 18.8 Å². The van der Waals surface area contributed by atoms with Gasteiger partial charge in [-0.05, 0) is 69.4 Å². The first-order valence-electron chi connectivity index (χ1n) is 13.2. The van der Waals surface area contributed by atoms with Crippen LogP contribution in [0.5, 0.6) is 0 Å². The molecule has 2 aromatic heterocycles. The average Bonchev–Trinajstić information content (AvgIpc) is 3.54. The van der Waals surface area contributed by atoms with Gasteiger partial charge in [-0.25, -0.2) is 0 Å². The van der Waals surface area contributed by atoms with Gasteiger partial charge in [-0.2, -0.15) is 0 Å². The number of benzene rings is 5. The molecule has 5 aromatic carbocycles. The van der Waals surface area contributed by atoms with Crippen LogP contribution in [-0.2, 0) is 0 Å². The molecule has 7 aromatic rings. The summed E-state index contributed by atoms with van der Waals surface area (Å²) < 4.78 is 4.82. The topological polar surface area (TPSA) is 16.3 Å². The van der Waals surface area contributed by atoms with E-state index in [0.717, 1.165) is 11.4 Å². The molecule has 38 heavy (non-hydrogen) atoms. The lowest BCUT2D eigenvalue weighted by molar-refractivity contribution is 1.13. The van der Waals surface area contributed by atoms with Gasteiger partial charge in [-0.1, -0.05) is 60.7 Å². The summed E-state index contributed by atoms with van der Waals surface area (Å²) in [6.07, 6.45) is 0. The molecule has 0 spiro atoms. The Morgan fingerprint density at radius 2 is 0.895 bits per heavy atom. The third-order valence-corrected chi connectivity index (χ3v) is 8.58. The normalized spacial score (nSPS) is 13.5. The maximum absolute atomic E-state index is 2.43. The monoisotopic (exact) mass is 490 g/mol. The number of rotatable bonds is 2. The minimum absolute atomic E-state index is 0.329. The fourth-order valence-corrected chi connectivity index (χ4v) is 6.47. The van der Waals surface area contributed by atoms with Crippen LogP contribution in [0, 0.1) is 0 Å². The molecule has 0 bridgehead atoms. The number of aromatic nitrogens is 2. The van der Waals surface area contributed by atoms with Crippen molar-refractivity contribution in [1.82, 2.24) is 9.13 Å². The molecular weight excluding hydrogens is 463 g/mol. The Kier molecular flexibility index (Phi) is 4.34. The van der Waals surface area contributed by atoms with Crippen LogP contribution in [-0.4, -0.2) is 30.2 Å². The van der Waals surface area contributed by atoms with Gasteiger partial charge in [0, 0.05) is 38.6 Å². The van der Waals surface area contributed by atoms with Crippen LogP contribution in [0.3, 0.4) is 0 Å². The maximum atomic E-state index is 2.43. The molecule has 182 valence electrons. The molecule has 0 aliphatic carbocycles. The van der Waals surface area contributed by atoms with Crippen LogP contribution < -0.4 is 9.62 Å². The summed E-state index contributed by atoms with van der Waals surface area (Å²) >= 11 is 0. The summed E-state index contributed by atoms with van der Waals surface area (Å²) in [5, 5.41) is 5.13. The van der Waals surface area contributed by atoms with E-state index in [2.05, 4.69) is 149 Å². The SMILES string of the molecule is CB1N(C)c2cc3c4ccccc4n(-c4cccc(-n5c6ccccc6c6ccccc65)c4)c3cc2N1C. The van der Waals surface area contributed by atoms with Crippen molar-refractivity contribution >= 4 is 62.0 Å². The van der Waals surface area contributed by atoms with E-state index in [1.54, 1.807) is 0 Å². The maximum Gasteiger partial charge on any atom is 0.371 e. The van der Waals surface area contributed by atoms with Crippen molar-refractivity contribution in [3.63, 3.8) is 0 Å². The molecule has 1 aliphatic rings. The third-order valence-electron chi connectivity index (χ3n) is 8.58. The molecule has 0 radical (unpaired) electrons. The number of nitrogens with zero attached hydrogens (tertiary/aromatic N) is 4. The lowest BCUT2D eigenvalue weighted by Crippen LogP contribution is -2.41. The molecule has 0 unspecified atom stereocenters. The van der Waals surface area contributed by atoms with Crippen LogP contribution in [0.25, 0.3) is 55.0 Å². The number of anilines is 2. The van der Waals surface area contributed by atoms with E-state index in [-0.39, 0.29) is 0 Å². The van der Waals surface area contributed by atoms with Crippen molar-refractivity contribution in [1.29, 1.82) is 0 Å². The molecule has 1 aliphatic heterocycles. The van der Waals surface area contributed by atoms with Crippen molar-refractivity contribution < 1.29 is 0 Å². The molecule has 8 rings (SSSR count). The minimum Gasteiger partial charge on any atom is -0.397 e. The van der Waals surface area contributed by atoms with Gasteiger partial charge in [0.2, 0.25) is 0 Å². The summed E-state index contributed by atoms with van der Waals surface area (Å²) in [4.78, 5) is 4.73. The van der Waals surface area contributed by atoms with E-state index in [0.29, 0.717) is 6.98 Å². The van der Waals surface area contributed by atoms with Crippen molar-refractivity contribution in [2.24, 2.45) is 0 Å². The first-order chi connectivity index (χ1) is 18.6. The van der Waals surface area contributed by atoms with E-state index in [1.165, 1.54) is 55.0 Å². The fraction of sp³-hybridized carbons (Fsp3) is 0.0909. The molecule has 0 saturated heterocycles. The first-order valence-corrected chi connectivity index (χ1v) is 13.2. The number of para-hydroxylation sites is 3. The Morgan fingerprint density at radius 3 is 1.45 bits per heavy atom. The summed E-state index contributed by atoms with van der Waals surface area (Å²) in [6.45, 7) is 2.58. The number of hydrogen-bond donors (Lipinski definition) is 0. The van der Waals surface area contributed by atoms with Gasteiger partial charge in [0.25, 0.3) is 0 Å². The highest BCUT2D eigenvalue weighted by Gasteiger charge is 2.33. The van der Waals surface area contributed by atoms with Gasteiger partial charge in [-0.3, -0.25) is 0 Å². The molecule has 5 heteroatoms. The van der Waals surface area contributed by atoms with Gasteiger partial charge >= 0.3 is 6.98 Å². The number of hydrogen-bond acceptors (Lipinski definition) is 2. The third kappa shape index (κ3) is 2.76. The van der Waals surface area contributed by atoms with E-state index >= 15 is 0 Å². The second kappa shape index (κ2) is 7.69. The summed E-state index contributed by atoms with van der Waals surface area (Å²) in [5.41, 5.74) is 9.80. The molecule has 0 saturated carbocycles. The molecule has 0 fully saturated rings. The number of fused-ring (bicyclic) bond motifs is 7. The molecule has 0 amide bonds. The Balaban J connectivity index is 1.42. The smallest absolute Gasteiger partial charge is 0.371 e. The quantitative estimate of drug-likeness (QED) is 0.229. The second-order valence-corrected chi connectivity index (χ2v) is 10.5. The Hall–Kier alpha value is -4.64. The zero-order valence-corrected chi connectivity index (χ0v) is 21.8. The van der Waals surface area contributed by atoms with Crippen molar-refractivity contribution in [2.75, 3.05) is 23.7 Å². The van der Waals surface area contributed by atoms with Crippen molar-refractivity contribution in [3.05, 3.63) is 109 Å². The molecule has 3 heterocycles. The molecule has 0 atom stereocenters. The van der Waals surface area contributed by atoms with Crippen LogP contribution in [0.15, 0.2) is 109 Å². The van der Waals surface area contributed by atoms with Gasteiger partial charge in [0.05, 0.1) is 27.8 Å². The van der Waals surface area contributed by atoms with Crippen molar-refractivity contribution in [3.8, 4) is 11.4 Å². The van der Waals surface area contributed by atoms with E-state index in [9.17, 15) is 0 Å². The van der Waals surface area contributed by atoms with E-state index in [1.807, 2.05) is 0 Å². The van der Waals surface area contributed by atoms with Crippen LogP contribution in [0.4, 0.5) is 11.4 Å². The summed E-state index contributed by atoms with van der Waals surface area (Å²) in [6, 6.07) is 39.9. The minimum atomic E-state index is 0.329. The standard InChI is InChI=1S/C33H27BN4/c1-34-35(2)32-20-27-26-15-6-9-18-30(26)38(31(27)21-33(32)36(34)3)23-12-10-11-22(19-23)37-28-16-7-4-13-24(28)25-14-5-8-17-29(25)37/h4-21H,1-3H3. The van der Waals surface area contributed by atoms with Crippen molar-refractivity contribution in [2.45, 2.75) is 6.82 Å². The fourth-order valence-electron chi connectivity index (χ4n) is 6.47. The van der Waals surface area contributed by atoms with E-state index < -0.39 is 0 Å². The van der Waals surface area contributed by atoms with Gasteiger partial charge in [0.15, 0.2) is 0 Å². The lowest BCUT2D eigenvalue weighted by atomic mass is 9.78. The lowest BCUT2D eigenvalue weighted by Gasteiger charge is -2.18. The largest absolute Gasteiger partial charge is 0.397 e. The Labute approximate surface area is 222 Å². The highest BCUT2D eigenvalue weighted by atomic mass is 15.3. The predicted molar refractivity (Wildman–Crippen MR) is 164 cm³/mol. The second-order valence-electron chi connectivity index (χ2n) is 10.5. The van der Waals surface area contributed by atoms with Gasteiger partial charge in [0.1, 0.15) is 0 Å². The Bertz CT molecular complexity index is 2000. The summed E-state index contributed by atoms with van der Waals surface area (Å²) in [5.74, 6) is 0. The van der Waals surface area contributed by atoms with Crippen LogP contribution >= 0.6 is 0 Å². The Morgan fingerprint density at radius 1 is 0.447 bits per heavy atom. The molecule has 4 nitrogen and oxygen atoms in total. The zero-order valence-electron chi connectivity index (χ0n) is 21.8. The zero-order chi connectivity index (χ0) is 25.5. The van der Waals surface area contributed by atoms with Crippen LogP contribution in [0.2, 0.25) is 6.82 Å². The highest BCUT2D eigenvalue weighted by Crippen LogP contribution is 2.43. The molecule has 0 N–H and O–H groups in total. The highest BCUT2D eigenvalue weighted by molar-refractivity contribution is 6.68. The average molecular weight is 490 g/mol. The first kappa shape index (κ1) is 21.5. The van der Waals surface area contributed by atoms with Gasteiger partial charge in [-0.15, -0.1) is 0 Å². The molecular formula is C33H27BN4. The van der Waals surface area contributed by atoms with E-state index in [4.69, 9.17) is 0 Å². The summed E-state index contributed by atoms with van der Waals surface area (Å²) in [7, 11) is 4.38. The van der Waals surface area contributed by atoms with Crippen LogP contribution in [0.1, 0.15) is 0 Å². The predicted octanol–water partition coefficient (Wildman–Crippen LogP) is 7.88.